The summed E-state index contributed by atoms with van der Waals surface area (Å²) in [7, 11) is -1.49. The molecule has 0 radical (unpaired) electrons. The van der Waals surface area contributed by atoms with Crippen LogP contribution in [0.15, 0.2) is 55.0 Å². The minimum Gasteiger partial charge on any atom is -0.497 e. The summed E-state index contributed by atoms with van der Waals surface area (Å²) in [4.78, 5) is 25.0. The predicted molar refractivity (Wildman–Crippen MR) is 145 cm³/mol. The monoisotopic (exact) mass is 558 g/mol. The molecule has 0 aliphatic carbocycles. The molecule has 0 bridgehead atoms. The zero-order valence-corrected chi connectivity index (χ0v) is 21.9. The van der Waals surface area contributed by atoms with Crippen LogP contribution in [0.25, 0.3) is 11.0 Å². The van der Waals surface area contributed by atoms with E-state index in [1.54, 1.807) is 7.11 Å². The average molecular weight is 559 g/mol. The number of aryl methyl sites for hydroxylation is 1. The maximum Gasteiger partial charge on any atom is 0.258 e. The molecule has 2 aromatic carbocycles. The van der Waals surface area contributed by atoms with E-state index in [0.717, 1.165) is 28.1 Å². The number of carbonyl (C=O) groups is 1. The van der Waals surface area contributed by atoms with Gasteiger partial charge in [-0.25, -0.2) is 22.8 Å². The van der Waals surface area contributed by atoms with Crippen molar-refractivity contribution in [3.8, 4) is 5.75 Å². The van der Waals surface area contributed by atoms with Gasteiger partial charge >= 0.3 is 0 Å². The van der Waals surface area contributed by atoms with Crippen LogP contribution in [0.4, 0.5) is 21.6 Å². The number of amides is 1. The molecular weight excluding hydrogens is 535 g/mol. The second-order valence-electron chi connectivity index (χ2n) is 8.19. The molecule has 0 spiro atoms. The Bertz CT molecular complexity index is 1540. The summed E-state index contributed by atoms with van der Waals surface area (Å²) in [6, 6.07) is 11.3. The summed E-state index contributed by atoms with van der Waals surface area (Å²) in [6.45, 7) is 0.124. The van der Waals surface area contributed by atoms with Crippen molar-refractivity contribution in [3.63, 3.8) is 0 Å². The van der Waals surface area contributed by atoms with Gasteiger partial charge in [0.15, 0.2) is 5.82 Å². The number of nitrogens with two attached hydrogens (primary N) is 1. The highest BCUT2D eigenvalue weighted by atomic mass is 35.5. The number of hydrogen-bond donors (Lipinski definition) is 3. The van der Waals surface area contributed by atoms with Gasteiger partial charge in [0.1, 0.15) is 28.9 Å². The molecule has 0 saturated heterocycles. The zero-order valence-electron chi connectivity index (χ0n) is 20.2. The summed E-state index contributed by atoms with van der Waals surface area (Å²) in [5, 5.41) is 2.18. The van der Waals surface area contributed by atoms with Crippen molar-refractivity contribution < 1.29 is 22.3 Å². The normalized spacial score (nSPS) is 11.1. The third-order valence-electron chi connectivity index (χ3n) is 5.82. The number of anilines is 3. The van der Waals surface area contributed by atoms with Gasteiger partial charge in [0.2, 0.25) is 10.9 Å². The number of pyridine rings is 1. The molecule has 2 aromatic heterocycles. The molecule has 1 amide bonds. The highest BCUT2D eigenvalue weighted by Crippen LogP contribution is 2.36. The Morgan fingerprint density at radius 2 is 1.84 bits per heavy atom. The number of carbonyl (C=O) groups excluding carboxylic acids is 1. The van der Waals surface area contributed by atoms with Crippen LogP contribution < -0.4 is 20.1 Å². The number of unbranched alkanes of at least 4 members (excludes halogenated alkanes) is 1. The van der Waals surface area contributed by atoms with E-state index in [0.29, 0.717) is 12.8 Å². The van der Waals surface area contributed by atoms with Crippen molar-refractivity contribution in [1.29, 1.82) is 0 Å². The Labute approximate surface area is 224 Å². The lowest BCUT2D eigenvalue weighted by atomic mass is 10.1. The number of rotatable bonds is 10. The van der Waals surface area contributed by atoms with Gasteiger partial charge in [0.05, 0.1) is 29.1 Å². The summed E-state index contributed by atoms with van der Waals surface area (Å²) in [5.41, 5.74) is 7.04. The molecule has 0 fully saturated rings. The molecule has 0 atom stereocenters. The number of thiol groups is 1. The number of benzene rings is 2. The van der Waals surface area contributed by atoms with Crippen molar-refractivity contribution in [2.24, 2.45) is 0 Å². The molecule has 0 saturated carbocycles. The first kappa shape index (κ1) is 27.0. The van der Waals surface area contributed by atoms with Crippen molar-refractivity contribution in [2.75, 3.05) is 29.0 Å². The van der Waals surface area contributed by atoms with Crippen molar-refractivity contribution in [2.45, 2.75) is 19.3 Å². The number of aromatic nitrogens is 3. The fourth-order valence-electron chi connectivity index (χ4n) is 3.87. The van der Waals surface area contributed by atoms with E-state index in [-0.39, 0.29) is 45.4 Å². The number of fused-ring (bicyclic) bond motifs is 1. The first-order valence-corrected chi connectivity index (χ1v) is 13.0. The number of hydrogen-bond acceptors (Lipinski definition) is 8. The van der Waals surface area contributed by atoms with Gasteiger partial charge in [-0.2, -0.15) is 0 Å². The number of halogens is 2. The number of nitrogen functional groups attached to an aromatic ring is 1. The van der Waals surface area contributed by atoms with Gasteiger partial charge in [0, 0.05) is 12.7 Å². The topological polar surface area (TPSA) is 140 Å². The van der Waals surface area contributed by atoms with Gasteiger partial charge in [-0.15, -0.1) is 0 Å². The van der Waals surface area contributed by atoms with Gasteiger partial charge in [-0.1, -0.05) is 23.7 Å². The second-order valence-corrected chi connectivity index (χ2v) is 9.53. The van der Waals surface area contributed by atoms with Crippen LogP contribution >= 0.6 is 11.6 Å². The number of methoxy groups -OCH3 is 1. The zero-order chi connectivity index (χ0) is 27.2. The molecule has 0 aliphatic rings. The van der Waals surface area contributed by atoms with Crippen molar-refractivity contribution in [1.82, 2.24) is 15.0 Å². The van der Waals surface area contributed by atoms with E-state index in [2.05, 4.69) is 20.3 Å². The SMILES string of the molecule is COc1ccc(CCCCN(c2ccc(F)c(NC(=O)c3ccnc4c(N)ncnc34)c2Cl)[SH](=O)=O)cc1. The Balaban J connectivity index is 1.51. The van der Waals surface area contributed by atoms with Crippen molar-refractivity contribution in [3.05, 3.63) is 77.0 Å². The second kappa shape index (κ2) is 12.0. The van der Waals surface area contributed by atoms with Crippen LogP contribution in [-0.2, 0) is 17.3 Å². The Hall–Kier alpha value is -4.03. The molecule has 0 unspecified atom stereocenters. The molecule has 13 heteroatoms. The Morgan fingerprint density at radius 3 is 2.55 bits per heavy atom. The molecule has 38 heavy (non-hydrogen) atoms. The fraction of sp³-hybridized carbons (Fsp3) is 0.200. The van der Waals surface area contributed by atoms with E-state index in [4.69, 9.17) is 22.1 Å². The highest BCUT2D eigenvalue weighted by Gasteiger charge is 2.22. The minimum absolute atomic E-state index is 0.0510. The molecular formula is C25H24ClFN6O4S. The van der Waals surface area contributed by atoms with Gasteiger partial charge < -0.3 is 15.8 Å². The molecule has 2 heterocycles. The first-order chi connectivity index (χ1) is 18.3. The van der Waals surface area contributed by atoms with Crippen LogP contribution in [0.5, 0.6) is 5.75 Å². The van der Waals surface area contributed by atoms with E-state index in [9.17, 15) is 17.6 Å². The summed E-state index contributed by atoms with van der Waals surface area (Å²) < 4.78 is 45.1. The van der Waals surface area contributed by atoms with Gasteiger partial charge in [-0.05, 0) is 55.2 Å². The Morgan fingerprint density at radius 1 is 1.08 bits per heavy atom. The Kier molecular flexibility index (Phi) is 8.54. The average Bonchev–Trinajstić information content (AvgIpc) is 2.91. The number of nitrogens with one attached hydrogen (secondary N) is 1. The summed E-state index contributed by atoms with van der Waals surface area (Å²) in [6.07, 6.45) is 4.49. The number of ether oxygens (including phenoxy) is 1. The predicted octanol–water partition coefficient (Wildman–Crippen LogP) is 4.02. The molecule has 4 aromatic rings. The van der Waals surface area contributed by atoms with Crippen LogP contribution in [0.1, 0.15) is 28.8 Å². The molecule has 4 rings (SSSR count). The lowest BCUT2D eigenvalue weighted by Crippen LogP contribution is -2.24. The third kappa shape index (κ3) is 5.92. The molecule has 0 aliphatic heterocycles. The molecule has 3 N–H and O–H groups in total. The first-order valence-electron chi connectivity index (χ1n) is 11.5. The third-order valence-corrected chi connectivity index (χ3v) is 7.02. The van der Waals surface area contributed by atoms with E-state index < -0.39 is 22.6 Å². The van der Waals surface area contributed by atoms with Gasteiger partial charge in [0.25, 0.3) is 5.91 Å². The smallest absolute Gasteiger partial charge is 0.258 e. The largest absolute Gasteiger partial charge is 0.497 e. The molecule has 198 valence electrons. The molecule has 10 nitrogen and oxygen atoms in total. The lowest BCUT2D eigenvalue weighted by molar-refractivity contribution is 0.102. The van der Waals surface area contributed by atoms with Crippen molar-refractivity contribution >= 4 is 56.6 Å². The summed E-state index contributed by atoms with van der Waals surface area (Å²) >= 11 is 6.43. The fourth-order valence-corrected chi connectivity index (χ4v) is 4.88. The van der Waals surface area contributed by atoms with Crippen LogP contribution in [-0.4, -0.2) is 42.9 Å². The summed E-state index contributed by atoms with van der Waals surface area (Å²) in [5.74, 6) is -0.726. The maximum atomic E-state index is 14.8. The minimum atomic E-state index is -3.09. The van der Waals surface area contributed by atoms with E-state index >= 15 is 0 Å². The maximum absolute atomic E-state index is 14.8. The van der Waals surface area contributed by atoms with E-state index in [1.807, 2.05) is 24.3 Å². The van der Waals surface area contributed by atoms with Gasteiger partial charge in [-0.3, -0.25) is 14.1 Å². The standard InChI is InChI=1S/C25H24ClFN6O4S/c1-37-16-7-5-15(6-8-16)4-2-3-13-33(38(35)36)19-10-9-18(27)22(20(19)26)32-25(34)17-11-12-29-23-21(17)30-14-31-24(23)28/h5-12,14,38H,2-4,13H2,1H3,(H,32,34)(H2,28,30,31). The lowest BCUT2D eigenvalue weighted by Gasteiger charge is -2.21. The highest BCUT2D eigenvalue weighted by molar-refractivity contribution is 7.74. The van der Waals surface area contributed by atoms with Crippen LogP contribution in [0, 0.1) is 5.82 Å². The van der Waals surface area contributed by atoms with E-state index in [1.165, 1.54) is 24.7 Å². The van der Waals surface area contributed by atoms with Crippen LogP contribution in [0.2, 0.25) is 5.02 Å². The number of nitrogens with zero attached hydrogens (tertiary/aromatic N) is 4. The quantitative estimate of drug-likeness (QED) is 0.196. The van der Waals surface area contributed by atoms with Crippen LogP contribution in [0.3, 0.4) is 0 Å².